The summed E-state index contributed by atoms with van der Waals surface area (Å²) in [5, 5.41) is 0. The molecule has 1 atom stereocenters. The Bertz CT molecular complexity index is 340. The van der Waals surface area contributed by atoms with Crippen LogP contribution < -0.4 is 5.73 Å². The van der Waals surface area contributed by atoms with E-state index in [9.17, 15) is 0 Å². The van der Waals surface area contributed by atoms with Gasteiger partial charge in [0.15, 0.2) is 0 Å². The van der Waals surface area contributed by atoms with Gasteiger partial charge in [0, 0.05) is 13.2 Å². The summed E-state index contributed by atoms with van der Waals surface area (Å²) in [6.07, 6.45) is 0. The molecule has 1 aromatic rings. The maximum atomic E-state index is 5.83. The molecule has 1 aliphatic rings. The number of hydrogen-bond acceptors (Lipinski definition) is 3. The molecule has 1 heterocycles. The lowest BCUT2D eigenvalue weighted by atomic mass is 9.88. The molecule has 0 spiro atoms. The smallest absolute Gasteiger partial charge is 0.129 e. The first-order chi connectivity index (χ1) is 7.32. The third-order valence-corrected chi connectivity index (χ3v) is 2.85. The quantitative estimate of drug-likeness (QED) is 0.815. The van der Waals surface area contributed by atoms with Gasteiger partial charge in [-0.25, -0.2) is 0 Å². The van der Waals surface area contributed by atoms with Crippen molar-refractivity contribution in [3.05, 3.63) is 35.4 Å². The third kappa shape index (κ3) is 1.78. The summed E-state index contributed by atoms with van der Waals surface area (Å²) in [7, 11) is 0. The summed E-state index contributed by atoms with van der Waals surface area (Å²) in [6.45, 7) is 4.29. The van der Waals surface area contributed by atoms with Crippen molar-refractivity contribution in [1.29, 1.82) is 0 Å². The van der Waals surface area contributed by atoms with E-state index in [1.807, 2.05) is 19.1 Å². The van der Waals surface area contributed by atoms with Gasteiger partial charge in [-0.3, -0.25) is 0 Å². The van der Waals surface area contributed by atoms with Crippen LogP contribution in [0, 0.1) is 0 Å². The molecule has 1 aliphatic heterocycles. The van der Waals surface area contributed by atoms with Gasteiger partial charge in [-0.1, -0.05) is 24.3 Å². The van der Waals surface area contributed by atoms with Gasteiger partial charge in [-0.15, -0.1) is 0 Å². The summed E-state index contributed by atoms with van der Waals surface area (Å²) in [5.74, 6) is 0. The number of benzene rings is 1. The fourth-order valence-electron chi connectivity index (χ4n) is 2.12. The highest BCUT2D eigenvalue weighted by atomic mass is 16.5. The molecule has 0 amide bonds. The number of hydrogen-bond donors (Lipinski definition) is 1. The van der Waals surface area contributed by atoms with Crippen molar-refractivity contribution < 1.29 is 9.47 Å². The molecule has 0 aliphatic carbocycles. The molecule has 82 valence electrons. The largest absolute Gasteiger partial charge is 0.373 e. The van der Waals surface area contributed by atoms with Crippen LogP contribution in [0.2, 0.25) is 0 Å². The van der Waals surface area contributed by atoms with E-state index in [-0.39, 0.29) is 0 Å². The minimum absolute atomic E-state index is 0.441. The highest BCUT2D eigenvalue weighted by Crippen LogP contribution is 2.32. The standard InChI is InChI=1S/C12H17NO2/c1-2-15-12(8-13)9-14-7-10-5-3-4-6-11(10)12/h3-6H,2,7-9,13H2,1H3. The second-order valence-electron chi connectivity index (χ2n) is 3.78. The van der Waals surface area contributed by atoms with Crippen LogP contribution in [0.5, 0.6) is 0 Å². The van der Waals surface area contributed by atoms with E-state index in [0.29, 0.717) is 26.4 Å². The van der Waals surface area contributed by atoms with Crippen LogP contribution in [0.3, 0.4) is 0 Å². The average molecular weight is 207 g/mol. The van der Waals surface area contributed by atoms with Crippen molar-refractivity contribution in [2.24, 2.45) is 5.73 Å². The van der Waals surface area contributed by atoms with E-state index in [1.54, 1.807) is 0 Å². The number of fused-ring (bicyclic) bond motifs is 1. The number of rotatable bonds is 3. The van der Waals surface area contributed by atoms with Gasteiger partial charge in [0.25, 0.3) is 0 Å². The predicted octanol–water partition coefficient (Wildman–Crippen LogP) is 1.41. The molecule has 0 aromatic heterocycles. The molecular weight excluding hydrogens is 190 g/mol. The SMILES string of the molecule is CCOC1(CN)COCc2ccccc21. The van der Waals surface area contributed by atoms with Gasteiger partial charge in [0.1, 0.15) is 5.60 Å². The molecule has 0 fully saturated rings. The van der Waals surface area contributed by atoms with Gasteiger partial charge in [-0.2, -0.15) is 0 Å². The summed E-state index contributed by atoms with van der Waals surface area (Å²) >= 11 is 0. The molecule has 3 heteroatoms. The van der Waals surface area contributed by atoms with Gasteiger partial charge in [-0.05, 0) is 18.1 Å². The Kier molecular flexibility index (Phi) is 3.05. The summed E-state index contributed by atoms with van der Waals surface area (Å²) in [4.78, 5) is 0. The minimum atomic E-state index is -0.441. The Morgan fingerprint density at radius 1 is 1.47 bits per heavy atom. The zero-order valence-corrected chi connectivity index (χ0v) is 9.03. The molecule has 0 bridgehead atoms. The Balaban J connectivity index is 2.42. The average Bonchev–Trinajstić information content (AvgIpc) is 2.30. The van der Waals surface area contributed by atoms with Crippen molar-refractivity contribution in [3.8, 4) is 0 Å². The van der Waals surface area contributed by atoms with Crippen molar-refractivity contribution in [2.45, 2.75) is 19.1 Å². The molecular formula is C12H17NO2. The van der Waals surface area contributed by atoms with Crippen molar-refractivity contribution in [3.63, 3.8) is 0 Å². The van der Waals surface area contributed by atoms with E-state index in [2.05, 4.69) is 12.1 Å². The van der Waals surface area contributed by atoms with Gasteiger partial charge >= 0.3 is 0 Å². The van der Waals surface area contributed by atoms with E-state index in [1.165, 1.54) is 11.1 Å². The summed E-state index contributed by atoms with van der Waals surface area (Å²) in [6, 6.07) is 8.19. The van der Waals surface area contributed by atoms with Gasteiger partial charge < -0.3 is 15.2 Å². The lowest BCUT2D eigenvalue weighted by molar-refractivity contribution is -0.110. The fourth-order valence-corrected chi connectivity index (χ4v) is 2.12. The molecule has 0 saturated carbocycles. The van der Waals surface area contributed by atoms with Crippen molar-refractivity contribution in [2.75, 3.05) is 19.8 Å². The van der Waals surface area contributed by atoms with E-state index >= 15 is 0 Å². The fraction of sp³-hybridized carbons (Fsp3) is 0.500. The molecule has 2 rings (SSSR count). The minimum Gasteiger partial charge on any atom is -0.373 e. The zero-order chi connectivity index (χ0) is 10.7. The lowest BCUT2D eigenvalue weighted by Crippen LogP contribution is -2.45. The van der Waals surface area contributed by atoms with E-state index in [0.717, 1.165) is 0 Å². The maximum Gasteiger partial charge on any atom is 0.129 e. The molecule has 1 unspecified atom stereocenters. The maximum absolute atomic E-state index is 5.83. The third-order valence-electron chi connectivity index (χ3n) is 2.85. The van der Waals surface area contributed by atoms with Crippen LogP contribution in [0.25, 0.3) is 0 Å². The van der Waals surface area contributed by atoms with Crippen LogP contribution in [0.15, 0.2) is 24.3 Å². The first-order valence-corrected chi connectivity index (χ1v) is 5.32. The molecule has 1 aromatic carbocycles. The molecule has 2 N–H and O–H groups in total. The van der Waals surface area contributed by atoms with E-state index < -0.39 is 5.60 Å². The first kappa shape index (κ1) is 10.6. The highest BCUT2D eigenvalue weighted by molar-refractivity contribution is 5.34. The van der Waals surface area contributed by atoms with Gasteiger partial charge in [0.05, 0.1) is 13.2 Å². The normalized spacial score (nSPS) is 24.9. The van der Waals surface area contributed by atoms with Crippen LogP contribution in [-0.2, 0) is 21.7 Å². The van der Waals surface area contributed by atoms with Gasteiger partial charge in [0.2, 0.25) is 0 Å². The highest BCUT2D eigenvalue weighted by Gasteiger charge is 2.36. The topological polar surface area (TPSA) is 44.5 Å². The molecule has 0 radical (unpaired) electrons. The first-order valence-electron chi connectivity index (χ1n) is 5.32. The Hall–Kier alpha value is -0.900. The van der Waals surface area contributed by atoms with Crippen LogP contribution in [0.4, 0.5) is 0 Å². The van der Waals surface area contributed by atoms with Crippen molar-refractivity contribution >= 4 is 0 Å². The summed E-state index contributed by atoms with van der Waals surface area (Å²) in [5.41, 5.74) is 7.76. The van der Waals surface area contributed by atoms with E-state index in [4.69, 9.17) is 15.2 Å². The second-order valence-corrected chi connectivity index (χ2v) is 3.78. The Labute approximate surface area is 90.2 Å². The Morgan fingerprint density at radius 3 is 3.00 bits per heavy atom. The predicted molar refractivity (Wildman–Crippen MR) is 58.5 cm³/mol. The molecule has 0 saturated heterocycles. The molecule has 15 heavy (non-hydrogen) atoms. The monoisotopic (exact) mass is 207 g/mol. The zero-order valence-electron chi connectivity index (χ0n) is 9.03. The second kappa shape index (κ2) is 4.31. The number of ether oxygens (including phenoxy) is 2. The summed E-state index contributed by atoms with van der Waals surface area (Å²) < 4.78 is 11.3. The molecule has 3 nitrogen and oxygen atoms in total. The van der Waals surface area contributed by atoms with Crippen LogP contribution >= 0.6 is 0 Å². The lowest BCUT2D eigenvalue weighted by Gasteiger charge is -2.37. The van der Waals surface area contributed by atoms with Crippen LogP contribution in [0.1, 0.15) is 18.1 Å². The van der Waals surface area contributed by atoms with Crippen molar-refractivity contribution in [1.82, 2.24) is 0 Å². The Morgan fingerprint density at radius 2 is 2.27 bits per heavy atom. The number of nitrogens with two attached hydrogens (primary N) is 1. The van der Waals surface area contributed by atoms with Crippen LogP contribution in [-0.4, -0.2) is 19.8 Å².